The molecule has 122 valence electrons. The molecule has 0 radical (unpaired) electrons. The number of hydrogen-bond donors (Lipinski definition) is 0. The van der Waals surface area contributed by atoms with Gasteiger partial charge in [-0.1, -0.05) is 17.7 Å². The summed E-state index contributed by atoms with van der Waals surface area (Å²) in [4.78, 5) is 0.205. The summed E-state index contributed by atoms with van der Waals surface area (Å²) in [6.45, 7) is 6.86. The molecule has 1 saturated carbocycles. The first-order chi connectivity index (χ1) is 10.2. The van der Waals surface area contributed by atoms with Crippen molar-refractivity contribution in [1.82, 2.24) is 0 Å². The maximum Gasteiger partial charge on any atom is 0.297 e. The Morgan fingerprint density at radius 3 is 2.18 bits per heavy atom. The van der Waals surface area contributed by atoms with E-state index in [1.165, 1.54) is 0 Å². The van der Waals surface area contributed by atoms with Crippen molar-refractivity contribution in [2.75, 3.05) is 13.2 Å². The van der Waals surface area contributed by atoms with Gasteiger partial charge in [0.15, 0.2) is 5.79 Å². The molecule has 1 saturated heterocycles. The predicted molar refractivity (Wildman–Crippen MR) is 80.9 cm³/mol. The van der Waals surface area contributed by atoms with Crippen LogP contribution in [0.1, 0.15) is 32.3 Å². The van der Waals surface area contributed by atoms with Gasteiger partial charge in [0.05, 0.1) is 24.2 Å². The third kappa shape index (κ3) is 3.20. The highest BCUT2D eigenvalue weighted by Crippen LogP contribution is 2.47. The van der Waals surface area contributed by atoms with Gasteiger partial charge in [-0.25, -0.2) is 0 Å². The Labute approximate surface area is 131 Å². The molecule has 0 amide bonds. The van der Waals surface area contributed by atoms with E-state index in [0.29, 0.717) is 26.1 Å². The Bertz CT molecular complexity index is 630. The molecular formula is C16H22O5S. The largest absolute Gasteiger partial charge is 0.350 e. The molecule has 0 unspecified atom stereocenters. The topological polar surface area (TPSA) is 61.8 Å². The van der Waals surface area contributed by atoms with Crippen molar-refractivity contribution in [2.45, 2.75) is 50.4 Å². The zero-order chi connectivity index (χ0) is 16.0. The van der Waals surface area contributed by atoms with Gasteiger partial charge in [-0.05, 0) is 45.7 Å². The second-order valence-corrected chi connectivity index (χ2v) is 8.44. The first-order valence-electron chi connectivity index (χ1n) is 7.48. The van der Waals surface area contributed by atoms with Crippen molar-refractivity contribution in [3.05, 3.63) is 29.8 Å². The molecule has 1 aliphatic heterocycles. The maximum absolute atomic E-state index is 12.2. The highest BCUT2D eigenvalue weighted by atomic mass is 32.2. The van der Waals surface area contributed by atoms with Gasteiger partial charge in [0, 0.05) is 5.41 Å². The first kappa shape index (κ1) is 15.9. The molecule has 0 bridgehead atoms. The molecule has 2 fully saturated rings. The minimum Gasteiger partial charge on any atom is -0.350 e. The standard InChI is InChI=1S/C16H22O5S/c1-12-4-6-14(7-5-12)22(17,18)21-13-8-16(9-13)10-19-15(2,3)20-11-16/h4-7,13H,8-11H2,1-3H3. The molecule has 1 spiro atoms. The molecule has 3 rings (SSSR count). The van der Waals surface area contributed by atoms with Crippen molar-refractivity contribution in [2.24, 2.45) is 5.41 Å². The van der Waals surface area contributed by atoms with Gasteiger partial charge in [0.2, 0.25) is 0 Å². The van der Waals surface area contributed by atoms with Gasteiger partial charge < -0.3 is 9.47 Å². The Kier molecular flexibility index (Phi) is 3.84. The molecule has 0 atom stereocenters. The second kappa shape index (κ2) is 5.30. The van der Waals surface area contributed by atoms with E-state index in [-0.39, 0.29) is 16.4 Å². The van der Waals surface area contributed by atoms with Crippen LogP contribution in [-0.4, -0.2) is 33.5 Å². The van der Waals surface area contributed by atoms with Crippen molar-refractivity contribution >= 4 is 10.1 Å². The van der Waals surface area contributed by atoms with Crippen LogP contribution in [0.2, 0.25) is 0 Å². The monoisotopic (exact) mass is 326 g/mol. The van der Waals surface area contributed by atoms with E-state index in [1.807, 2.05) is 20.8 Å². The van der Waals surface area contributed by atoms with Crippen LogP contribution in [0.3, 0.4) is 0 Å². The normalized spacial score (nSPS) is 24.1. The Hall–Kier alpha value is -0.950. The van der Waals surface area contributed by atoms with Gasteiger partial charge in [-0.3, -0.25) is 4.18 Å². The maximum atomic E-state index is 12.2. The molecule has 0 N–H and O–H groups in total. The summed E-state index contributed by atoms with van der Waals surface area (Å²) in [5.74, 6) is -0.550. The molecule has 0 aromatic heterocycles. The van der Waals surface area contributed by atoms with E-state index < -0.39 is 15.9 Å². The summed E-state index contributed by atoms with van der Waals surface area (Å²) in [5.41, 5.74) is 0.920. The van der Waals surface area contributed by atoms with Crippen LogP contribution < -0.4 is 0 Å². The van der Waals surface area contributed by atoms with Crippen LogP contribution in [0.25, 0.3) is 0 Å². The van der Waals surface area contributed by atoms with Gasteiger partial charge in [-0.15, -0.1) is 0 Å². The number of aryl methyl sites for hydroxylation is 1. The average molecular weight is 326 g/mol. The predicted octanol–water partition coefficient (Wildman–Crippen LogP) is 2.63. The molecule has 22 heavy (non-hydrogen) atoms. The molecule has 5 nitrogen and oxygen atoms in total. The molecule has 1 aromatic rings. The lowest BCUT2D eigenvalue weighted by Crippen LogP contribution is -2.55. The van der Waals surface area contributed by atoms with Gasteiger partial charge in [0.1, 0.15) is 0 Å². The highest BCUT2D eigenvalue weighted by Gasteiger charge is 2.51. The van der Waals surface area contributed by atoms with Crippen LogP contribution >= 0.6 is 0 Å². The summed E-state index contributed by atoms with van der Waals surface area (Å²) < 4.78 is 41.2. The summed E-state index contributed by atoms with van der Waals surface area (Å²) >= 11 is 0. The van der Waals surface area contributed by atoms with E-state index in [1.54, 1.807) is 24.3 Å². The zero-order valence-electron chi connectivity index (χ0n) is 13.2. The van der Waals surface area contributed by atoms with Crippen LogP contribution in [0, 0.1) is 12.3 Å². The van der Waals surface area contributed by atoms with Crippen LogP contribution in [-0.2, 0) is 23.8 Å². The van der Waals surface area contributed by atoms with Gasteiger partial charge in [0.25, 0.3) is 10.1 Å². The zero-order valence-corrected chi connectivity index (χ0v) is 14.0. The summed E-state index contributed by atoms with van der Waals surface area (Å²) in [6.07, 6.45) is 1.00. The average Bonchev–Trinajstić information content (AvgIpc) is 2.40. The molecule has 1 aliphatic carbocycles. The molecular weight excluding hydrogens is 304 g/mol. The molecule has 1 heterocycles. The smallest absolute Gasteiger partial charge is 0.297 e. The van der Waals surface area contributed by atoms with Crippen molar-refractivity contribution in [3.8, 4) is 0 Å². The van der Waals surface area contributed by atoms with Crippen molar-refractivity contribution < 1.29 is 22.1 Å². The number of ether oxygens (including phenoxy) is 2. The molecule has 2 aliphatic rings. The fourth-order valence-corrected chi connectivity index (χ4v) is 3.96. The lowest BCUT2D eigenvalue weighted by molar-refractivity contribution is -0.306. The SMILES string of the molecule is Cc1ccc(S(=O)(=O)OC2CC3(COC(C)(C)OC3)C2)cc1. The van der Waals surface area contributed by atoms with Gasteiger partial charge in [-0.2, -0.15) is 8.42 Å². The van der Waals surface area contributed by atoms with Crippen LogP contribution in [0.15, 0.2) is 29.2 Å². The van der Waals surface area contributed by atoms with Crippen LogP contribution in [0.4, 0.5) is 0 Å². The van der Waals surface area contributed by atoms with Gasteiger partial charge >= 0.3 is 0 Å². The summed E-state index contributed by atoms with van der Waals surface area (Å²) in [6, 6.07) is 6.69. The Balaban J connectivity index is 1.59. The number of benzene rings is 1. The summed E-state index contributed by atoms with van der Waals surface area (Å²) in [5, 5.41) is 0. The third-order valence-electron chi connectivity index (χ3n) is 4.35. The first-order valence-corrected chi connectivity index (χ1v) is 8.89. The van der Waals surface area contributed by atoms with E-state index >= 15 is 0 Å². The fraction of sp³-hybridized carbons (Fsp3) is 0.625. The molecule has 6 heteroatoms. The quantitative estimate of drug-likeness (QED) is 0.799. The van der Waals surface area contributed by atoms with E-state index in [4.69, 9.17) is 13.7 Å². The Morgan fingerprint density at radius 2 is 1.64 bits per heavy atom. The lowest BCUT2D eigenvalue weighted by Gasteiger charge is -2.51. The Morgan fingerprint density at radius 1 is 1.09 bits per heavy atom. The lowest BCUT2D eigenvalue weighted by atomic mass is 9.67. The van der Waals surface area contributed by atoms with Crippen LogP contribution in [0.5, 0.6) is 0 Å². The van der Waals surface area contributed by atoms with E-state index in [2.05, 4.69) is 0 Å². The summed E-state index contributed by atoms with van der Waals surface area (Å²) in [7, 11) is -3.70. The highest BCUT2D eigenvalue weighted by molar-refractivity contribution is 7.86. The molecule has 1 aromatic carbocycles. The van der Waals surface area contributed by atoms with Crippen molar-refractivity contribution in [1.29, 1.82) is 0 Å². The van der Waals surface area contributed by atoms with Crippen molar-refractivity contribution in [3.63, 3.8) is 0 Å². The minimum atomic E-state index is -3.70. The number of hydrogen-bond acceptors (Lipinski definition) is 5. The third-order valence-corrected chi connectivity index (χ3v) is 5.72. The second-order valence-electron chi connectivity index (χ2n) is 6.87. The van der Waals surface area contributed by atoms with E-state index in [9.17, 15) is 8.42 Å². The fourth-order valence-electron chi connectivity index (χ4n) is 2.89. The minimum absolute atomic E-state index is 0.0943. The van der Waals surface area contributed by atoms with E-state index in [0.717, 1.165) is 5.56 Å². The number of rotatable bonds is 3.